The Morgan fingerprint density at radius 2 is 1.71 bits per heavy atom. The van der Waals surface area contributed by atoms with Gasteiger partial charge in [-0.2, -0.15) is 0 Å². The molecule has 24 heavy (non-hydrogen) atoms. The first-order chi connectivity index (χ1) is 11.3. The first-order valence-corrected chi connectivity index (χ1v) is 9.99. The van der Waals surface area contributed by atoms with E-state index in [-0.39, 0.29) is 18.5 Å². The van der Waals surface area contributed by atoms with Crippen molar-refractivity contribution in [2.75, 3.05) is 17.1 Å². The van der Waals surface area contributed by atoms with Gasteiger partial charge in [0, 0.05) is 4.47 Å². The molecule has 0 aliphatic heterocycles. The van der Waals surface area contributed by atoms with E-state index in [2.05, 4.69) is 21.2 Å². The van der Waals surface area contributed by atoms with Gasteiger partial charge in [0.25, 0.3) is 0 Å². The number of carbonyl (C=O) groups is 1. The second-order valence-corrected chi connectivity index (χ2v) is 8.18. The molecule has 1 N–H and O–H groups in total. The SMILES string of the molecule is C[C@H](NC(=O)CN(c1ccccc1Br)S(C)(=O)=O)c1ccccc1. The fourth-order valence-electron chi connectivity index (χ4n) is 2.28. The monoisotopic (exact) mass is 410 g/mol. The summed E-state index contributed by atoms with van der Waals surface area (Å²) in [7, 11) is -3.59. The van der Waals surface area contributed by atoms with Gasteiger partial charge in [-0.15, -0.1) is 0 Å². The van der Waals surface area contributed by atoms with E-state index in [1.807, 2.05) is 37.3 Å². The molecule has 0 radical (unpaired) electrons. The maximum atomic E-state index is 12.3. The van der Waals surface area contributed by atoms with Crippen molar-refractivity contribution in [2.45, 2.75) is 13.0 Å². The first-order valence-electron chi connectivity index (χ1n) is 7.35. The Kier molecular flexibility index (Phi) is 6.01. The number of nitrogens with zero attached hydrogens (tertiary/aromatic N) is 1. The highest BCUT2D eigenvalue weighted by Gasteiger charge is 2.23. The standard InChI is InChI=1S/C17H19BrN2O3S/c1-13(14-8-4-3-5-9-14)19-17(21)12-20(24(2,22)23)16-11-7-6-10-15(16)18/h3-11,13H,12H2,1-2H3,(H,19,21)/t13-/m0/s1. The molecule has 0 spiro atoms. The Balaban J connectivity index is 2.16. The van der Waals surface area contributed by atoms with Gasteiger partial charge in [-0.25, -0.2) is 8.42 Å². The summed E-state index contributed by atoms with van der Waals surface area (Å²) in [5.74, 6) is -0.368. The van der Waals surface area contributed by atoms with E-state index in [0.29, 0.717) is 10.2 Å². The Hall–Kier alpha value is -1.86. The maximum Gasteiger partial charge on any atom is 0.241 e. The van der Waals surface area contributed by atoms with Crippen molar-refractivity contribution in [1.82, 2.24) is 5.32 Å². The minimum atomic E-state index is -3.59. The molecule has 2 aromatic carbocycles. The fraction of sp³-hybridized carbons (Fsp3) is 0.235. The van der Waals surface area contributed by atoms with E-state index < -0.39 is 10.0 Å². The van der Waals surface area contributed by atoms with Crippen molar-refractivity contribution in [3.05, 3.63) is 64.6 Å². The van der Waals surface area contributed by atoms with Gasteiger partial charge in [-0.3, -0.25) is 9.10 Å². The van der Waals surface area contributed by atoms with Crippen molar-refractivity contribution in [3.8, 4) is 0 Å². The van der Waals surface area contributed by atoms with Crippen LogP contribution in [0.3, 0.4) is 0 Å². The normalized spacial score (nSPS) is 12.5. The number of carbonyl (C=O) groups excluding carboxylic acids is 1. The van der Waals surface area contributed by atoms with Crippen LogP contribution in [0.1, 0.15) is 18.5 Å². The summed E-state index contributed by atoms with van der Waals surface area (Å²) in [5.41, 5.74) is 1.39. The zero-order valence-electron chi connectivity index (χ0n) is 13.4. The van der Waals surface area contributed by atoms with Crippen LogP contribution < -0.4 is 9.62 Å². The number of anilines is 1. The molecular weight excluding hydrogens is 392 g/mol. The van der Waals surface area contributed by atoms with E-state index >= 15 is 0 Å². The zero-order chi connectivity index (χ0) is 17.7. The predicted octanol–water partition coefficient (Wildman–Crippen LogP) is 3.09. The molecule has 0 aromatic heterocycles. The van der Waals surface area contributed by atoms with Crippen molar-refractivity contribution >= 4 is 37.5 Å². The highest BCUT2D eigenvalue weighted by Crippen LogP contribution is 2.27. The number of rotatable bonds is 6. The van der Waals surface area contributed by atoms with Gasteiger partial charge in [0.05, 0.1) is 18.0 Å². The summed E-state index contributed by atoms with van der Waals surface area (Å²) < 4.78 is 25.9. The lowest BCUT2D eigenvalue weighted by atomic mass is 10.1. The molecule has 2 aromatic rings. The summed E-state index contributed by atoms with van der Waals surface area (Å²) in [5, 5.41) is 2.83. The lowest BCUT2D eigenvalue weighted by molar-refractivity contribution is -0.120. The van der Waals surface area contributed by atoms with Crippen LogP contribution in [0.25, 0.3) is 0 Å². The second-order valence-electron chi connectivity index (χ2n) is 5.42. The van der Waals surface area contributed by atoms with Crippen LogP contribution in [0.4, 0.5) is 5.69 Å². The summed E-state index contributed by atoms with van der Waals surface area (Å²) >= 11 is 3.33. The lowest BCUT2D eigenvalue weighted by Crippen LogP contribution is -2.41. The van der Waals surface area contributed by atoms with Gasteiger partial charge >= 0.3 is 0 Å². The van der Waals surface area contributed by atoms with Crippen LogP contribution in [0, 0.1) is 0 Å². The smallest absolute Gasteiger partial charge is 0.241 e. The second kappa shape index (κ2) is 7.81. The van der Waals surface area contributed by atoms with Crippen molar-refractivity contribution in [2.24, 2.45) is 0 Å². The number of nitrogens with one attached hydrogen (secondary N) is 1. The third-order valence-corrected chi connectivity index (χ3v) is 5.28. The van der Waals surface area contributed by atoms with Crippen molar-refractivity contribution in [1.29, 1.82) is 0 Å². The van der Waals surface area contributed by atoms with Gasteiger partial charge in [0.2, 0.25) is 15.9 Å². The summed E-state index contributed by atoms with van der Waals surface area (Å²) in [6.07, 6.45) is 1.08. The molecule has 1 atom stereocenters. The van der Waals surface area contributed by atoms with Crippen LogP contribution in [0.2, 0.25) is 0 Å². The van der Waals surface area contributed by atoms with Gasteiger partial charge in [-0.05, 0) is 40.5 Å². The number of amides is 1. The fourth-order valence-corrected chi connectivity index (χ4v) is 3.76. The van der Waals surface area contributed by atoms with Crippen molar-refractivity contribution in [3.63, 3.8) is 0 Å². The largest absolute Gasteiger partial charge is 0.348 e. The Labute approximate surface area is 150 Å². The molecule has 0 unspecified atom stereocenters. The van der Waals surface area contributed by atoms with Crippen LogP contribution in [0.15, 0.2) is 59.1 Å². The molecular formula is C17H19BrN2O3S. The van der Waals surface area contributed by atoms with E-state index in [1.54, 1.807) is 24.3 Å². The van der Waals surface area contributed by atoms with Crippen molar-refractivity contribution < 1.29 is 13.2 Å². The van der Waals surface area contributed by atoms with E-state index in [0.717, 1.165) is 16.1 Å². The Bertz CT molecular complexity index is 810. The molecule has 0 aliphatic rings. The van der Waals surface area contributed by atoms with Gasteiger partial charge in [0.1, 0.15) is 6.54 Å². The van der Waals surface area contributed by atoms with E-state index in [9.17, 15) is 13.2 Å². The van der Waals surface area contributed by atoms with Crippen LogP contribution >= 0.6 is 15.9 Å². The number of para-hydroxylation sites is 1. The van der Waals surface area contributed by atoms with Gasteiger partial charge in [0.15, 0.2) is 0 Å². The quantitative estimate of drug-likeness (QED) is 0.795. The predicted molar refractivity (Wildman–Crippen MR) is 99.3 cm³/mol. The minimum absolute atomic E-state index is 0.209. The molecule has 2 rings (SSSR count). The molecule has 0 fully saturated rings. The van der Waals surface area contributed by atoms with E-state index in [4.69, 9.17) is 0 Å². The highest BCUT2D eigenvalue weighted by molar-refractivity contribution is 9.10. The average Bonchev–Trinajstić information content (AvgIpc) is 2.53. The molecule has 7 heteroatoms. The molecule has 5 nitrogen and oxygen atoms in total. The Morgan fingerprint density at radius 1 is 1.12 bits per heavy atom. The molecule has 0 saturated carbocycles. The number of halogens is 1. The van der Waals surface area contributed by atoms with Gasteiger partial charge < -0.3 is 5.32 Å². The number of sulfonamides is 1. The first kappa shape index (κ1) is 18.5. The number of hydrogen-bond donors (Lipinski definition) is 1. The third-order valence-electron chi connectivity index (χ3n) is 3.49. The van der Waals surface area contributed by atoms with E-state index in [1.165, 1.54) is 0 Å². The molecule has 128 valence electrons. The third kappa shape index (κ3) is 4.82. The number of hydrogen-bond acceptors (Lipinski definition) is 3. The highest BCUT2D eigenvalue weighted by atomic mass is 79.9. The molecule has 0 heterocycles. The van der Waals surface area contributed by atoms with Crippen LogP contribution in [0.5, 0.6) is 0 Å². The number of benzene rings is 2. The topological polar surface area (TPSA) is 66.5 Å². The summed E-state index contributed by atoms with van der Waals surface area (Å²) in [4.78, 5) is 12.3. The van der Waals surface area contributed by atoms with Crippen LogP contribution in [-0.4, -0.2) is 27.1 Å². The molecule has 1 amide bonds. The molecule has 0 aliphatic carbocycles. The van der Waals surface area contributed by atoms with Gasteiger partial charge in [-0.1, -0.05) is 42.5 Å². The molecule has 0 bridgehead atoms. The maximum absolute atomic E-state index is 12.3. The Morgan fingerprint density at radius 3 is 2.29 bits per heavy atom. The zero-order valence-corrected chi connectivity index (χ0v) is 15.8. The van der Waals surface area contributed by atoms with Crippen LogP contribution in [-0.2, 0) is 14.8 Å². The average molecular weight is 411 g/mol. The lowest BCUT2D eigenvalue weighted by Gasteiger charge is -2.24. The summed E-state index contributed by atoms with van der Waals surface area (Å²) in [6, 6.07) is 16.2. The summed E-state index contributed by atoms with van der Waals surface area (Å²) in [6.45, 7) is 1.58. The molecule has 0 saturated heterocycles. The minimum Gasteiger partial charge on any atom is -0.348 e.